The van der Waals surface area contributed by atoms with Crippen molar-refractivity contribution in [3.8, 4) is 6.07 Å². The molecule has 0 saturated heterocycles. The Morgan fingerprint density at radius 3 is 2.78 bits per heavy atom. The quantitative estimate of drug-likeness (QED) is 0.774. The maximum atomic E-state index is 11.3. The standard InChI is InChI=1S/C17H13N5O/c1-10-5-6-14-13(7-10)16(15(9-18)22-21-14)20-12-4-2-3-11(8-12)17(19)23/h2-8H,1H3,(H2,19,23)(H,20,21). The summed E-state index contributed by atoms with van der Waals surface area (Å²) in [5.74, 6) is -0.511. The van der Waals surface area contributed by atoms with Gasteiger partial charge in [-0.3, -0.25) is 4.79 Å². The van der Waals surface area contributed by atoms with E-state index in [9.17, 15) is 10.1 Å². The number of nitrogens with zero attached hydrogens (tertiary/aromatic N) is 3. The molecule has 0 aliphatic rings. The second-order valence-corrected chi connectivity index (χ2v) is 5.13. The van der Waals surface area contributed by atoms with Gasteiger partial charge in [-0.25, -0.2) is 0 Å². The Balaban J connectivity index is 2.15. The average molecular weight is 303 g/mol. The predicted molar refractivity (Wildman–Crippen MR) is 87.2 cm³/mol. The molecular formula is C17H13N5O. The molecule has 0 fully saturated rings. The highest BCUT2D eigenvalue weighted by molar-refractivity contribution is 5.97. The van der Waals surface area contributed by atoms with Crippen molar-refractivity contribution >= 4 is 28.2 Å². The number of carbonyl (C=O) groups excluding carboxylic acids is 1. The molecule has 6 heteroatoms. The van der Waals surface area contributed by atoms with Gasteiger partial charge in [0.2, 0.25) is 5.91 Å². The minimum Gasteiger partial charge on any atom is -0.366 e. The van der Waals surface area contributed by atoms with Crippen LogP contribution in [0.25, 0.3) is 10.9 Å². The zero-order valence-electron chi connectivity index (χ0n) is 12.4. The van der Waals surface area contributed by atoms with E-state index in [0.717, 1.165) is 10.9 Å². The molecule has 2 aromatic carbocycles. The number of anilines is 2. The van der Waals surface area contributed by atoms with Crippen molar-refractivity contribution in [2.75, 3.05) is 5.32 Å². The van der Waals surface area contributed by atoms with E-state index in [0.29, 0.717) is 22.5 Å². The maximum absolute atomic E-state index is 11.3. The summed E-state index contributed by atoms with van der Waals surface area (Å²) in [6.07, 6.45) is 0. The lowest BCUT2D eigenvalue weighted by molar-refractivity contribution is 0.100. The first-order valence-corrected chi connectivity index (χ1v) is 6.92. The number of rotatable bonds is 3. The topological polar surface area (TPSA) is 105 Å². The van der Waals surface area contributed by atoms with E-state index < -0.39 is 5.91 Å². The van der Waals surface area contributed by atoms with Gasteiger partial charge in [-0.05, 0) is 37.3 Å². The molecule has 3 rings (SSSR count). The minimum absolute atomic E-state index is 0.188. The maximum Gasteiger partial charge on any atom is 0.248 e. The Labute approximate surface area is 132 Å². The number of fused-ring (bicyclic) bond motifs is 1. The van der Waals surface area contributed by atoms with Crippen LogP contribution in [0.4, 0.5) is 11.4 Å². The first-order chi connectivity index (χ1) is 11.1. The number of nitriles is 1. The van der Waals surface area contributed by atoms with Crippen molar-refractivity contribution in [2.24, 2.45) is 5.73 Å². The van der Waals surface area contributed by atoms with Crippen molar-refractivity contribution < 1.29 is 4.79 Å². The summed E-state index contributed by atoms with van der Waals surface area (Å²) < 4.78 is 0. The number of aromatic nitrogens is 2. The third kappa shape index (κ3) is 2.80. The summed E-state index contributed by atoms with van der Waals surface area (Å²) in [6, 6.07) is 14.5. The second kappa shape index (κ2) is 5.73. The Bertz CT molecular complexity index is 959. The Kier molecular flexibility index (Phi) is 3.61. The van der Waals surface area contributed by atoms with Crippen molar-refractivity contribution in [2.45, 2.75) is 6.92 Å². The normalized spacial score (nSPS) is 10.3. The molecule has 6 nitrogen and oxygen atoms in total. The number of aryl methyl sites for hydroxylation is 1. The zero-order chi connectivity index (χ0) is 16.4. The first-order valence-electron chi connectivity index (χ1n) is 6.92. The highest BCUT2D eigenvalue weighted by Crippen LogP contribution is 2.28. The van der Waals surface area contributed by atoms with Crippen LogP contribution < -0.4 is 11.1 Å². The van der Waals surface area contributed by atoms with Gasteiger partial charge in [0.25, 0.3) is 0 Å². The molecule has 1 amide bonds. The fourth-order valence-corrected chi connectivity index (χ4v) is 2.32. The van der Waals surface area contributed by atoms with E-state index in [1.165, 1.54) is 0 Å². The lowest BCUT2D eigenvalue weighted by atomic mass is 10.1. The number of nitrogens with one attached hydrogen (secondary N) is 1. The van der Waals surface area contributed by atoms with Crippen LogP contribution in [-0.4, -0.2) is 16.1 Å². The summed E-state index contributed by atoms with van der Waals surface area (Å²) in [4.78, 5) is 11.3. The highest BCUT2D eigenvalue weighted by Gasteiger charge is 2.12. The third-order valence-electron chi connectivity index (χ3n) is 3.44. The Morgan fingerprint density at radius 2 is 2.04 bits per heavy atom. The highest BCUT2D eigenvalue weighted by atomic mass is 16.1. The van der Waals surface area contributed by atoms with Gasteiger partial charge in [0.05, 0.1) is 11.2 Å². The molecule has 0 bridgehead atoms. The van der Waals surface area contributed by atoms with Crippen LogP contribution in [-0.2, 0) is 0 Å². The van der Waals surface area contributed by atoms with Gasteiger partial charge in [0, 0.05) is 16.6 Å². The van der Waals surface area contributed by atoms with E-state index in [-0.39, 0.29) is 5.69 Å². The fourth-order valence-electron chi connectivity index (χ4n) is 2.32. The molecule has 1 aromatic heterocycles. The molecule has 112 valence electrons. The molecule has 0 radical (unpaired) electrons. The molecule has 23 heavy (non-hydrogen) atoms. The third-order valence-corrected chi connectivity index (χ3v) is 3.44. The summed E-state index contributed by atoms with van der Waals surface area (Å²) in [5.41, 5.74) is 8.81. The summed E-state index contributed by atoms with van der Waals surface area (Å²) in [7, 11) is 0. The fraction of sp³-hybridized carbons (Fsp3) is 0.0588. The summed E-state index contributed by atoms with van der Waals surface area (Å²) >= 11 is 0. The predicted octanol–water partition coefficient (Wildman–Crippen LogP) is 2.65. The molecule has 0 spiro atoms. The van der Waals surface area contributed by atoms with Gasteiger partial charge < -0.3 is 11.1 Å². The van der Waals surface area contributed by atoms with Crippen LogP contribution in [0.3, 0.4) is 0 Å². The van der Waals surface area contributed by atoms with Crippen molar-refractivity contribution in [1.82, 2.24) is 10.2 Å². The Morgan fingerprint density at radius 1 is 1.22 bits per heavy atom. The number of carbonyl (C=O) groups is 1. The van der Waals surface area contributed by atoms with E-state index >= 15 is 0 Å². The van der Waals surface area contributed by atoms with Crippen LogP contribution in [0.5, 0.6) is 0 Å². The van der Waals surface area contributed by atoms with Crippen molar-refractivity contribution in [1.29, 1.82) is 5.26 Å². The van der Waals surface area contributed by atoms with Crippen molar-refractivity contribution in [3.05, 3.63) is 59.3 Å². The molecular weight excluding hydrogens is 290 g/mol. The summed E-state index contributed by atoms with van der Waals surface area (Å²) in [6.45, 7) is 1.96. The van der Waals surface area contributed by atoms with Gasteiger partial charge in [0.1, 0.15) is 6.07 Å². The van der Waals surface area contributed by atoms with E-state index in [1.54, 1.807) is 24.3 Å². The minimum atomic E-state index is -0.511. The van der Waals surface area contributed by atoms with Crippen LogP contribution in [0.1, 0.15) is 21.6 Å². The number of hydrogen-bond donors (Lipinski definition) is 2. The van der Waals surface area contributed by atoms with Gasteiger partial charge in [-0.2, -0.15) is 5.26 Å². The second-order valence-electron chi connectivity index (χ2n) is 5.13. The monoisotopic (exact) mass is 303 g/mol. The van der Waals surface area contributed by atoms with Crippen LogP contribution in [0.15, 0.2) is 42.5 Å². The largest absolute Gasteiger partial charge is 0.366 e. The SMILES string of the molecule is Cc1ccc2nnc(C#N)c(Nc3cccc(C(N)=O)c3)c2c1. The molecule has 0 saturated carbocycles. The van der Waals surface area contributed by atoms with Crippen molar-refractivity contribution in [3.63, 3.8) is 0 Å². The van der Waals surface area contributed by atoms with Crippen LogP contribution in [0.2, 0.25) is 0 Å². The number of nitrogens with two attached hydrogens (primary N) is 1. The smallest absolute Gasteiger partial charge is 0.248 e. The zero-order valence-corrected chi connectivity index (χ0v) is 12.4. The summed E-state index contributed by atoms with van der Waals surface area (Å²) in [5, 5.41) is 21.2. The average Bonchev–Trinajstić information content (AvgIpc) is 2.55. The molecule has 1 heterocycles. The first kappa shape index (κ1) is 14.5. The van der Waals surface area contributed by atoms with Gasteiger partial charge in [0.15, 0.2) is 5.69 Å². The molecule has 0 aliphatic heterocycles. The number of benzene rings is 2. The van der Waals surface area contributed by atoms with Gasteiger partial charge in [-0.15, -0.1) is 10.2 Å². The Hall–Kier alpha value is -3.46. The molecule has 3 aromatic rings. The van der Waals surface area contributed by atoms with Gasteiger partial charge in [-0.1, -0.05) is 17.7 Å². The van der Waals surface area contributed by atoms with E-state index in [1.807, 2.05) is 31.2 Å². The molecule has 3 N–H and O–H groups in total. The number of primary amides is 1. The molecule has 0 atom stereocenters. The van der Waals surface area contributed by atoms with Gasteiger partial charge >= 0.3 is 0 Å². The van der Waals surface area contributed by atoms with E-state index in [2.05, 4.69) is 15.5 Å². The lowest BCUT2D eigenvalue weighted by Gasteiger charge is -2.11. The van der Waals surface area contributed by atoms with Crippen LogP contribution >= 0.6 is 0 Å². The number of hydrogen-bond acceptors (Lipinski definition) is 5. The number of amides is 1. The lowest BCUT2D eigenvalue weighted by Crippen LogP contribution is -2.11. The van der Waals surface area contributed by atoms with E-state index in [4.69, 9.17) is 5.73 Å². The van der Waals surface area contributed by atoms with Crippen LogP contribution in [0, 0.1) is 18.3 Å². The molecule has 0 aliphatic carbocycles. The molecule has 0 unspecified atom stereocenters.